The van der Waals surface area contributed by atoms with Crippen molar-refractivity contribution in [3.63, 3.8) is 0 Å². The summed E-state index contributed by atoms with van der Waals surface area (Å²) < 4.78 is 5.87. The van der Waals surface area contributed by atoms with Gasteiger partial charge in [0.05, 0.1) is 6.61 Å². The summed E-state index contributed by atoms with van der Waals surface area (Å²) in [5.41, 5.74) is 0. The summed E-state index contributed by atoms with van der Waals surface area (Å²) in [7, 11) is 1.86. The Labute approximate surface area is 145 Å². The number of halogens is 1. The van der Waals surface area contributed by atoms with Crippen LogP contribution >= 0.6 is 35.7 Å². The fourth-order valence-electron chi connectivity index (χ4n) is 2.11. The van der Waals surface area contributed by atoms with Crippen LogP contribution in [0.3, 0.4) is 0 Å². The number of hydrogen-bond acceptors (Lipinski definition) is 3. The Balaban J connectivity index is 0.00000361. The predicted molar refractivity (Wildman–Crippen MR) is 101 cm³/mol. The van der Waals surface area contributed by atoms with Crippen LogP contribution < -0.4 is 5.32 Å². The monoisotopic (exact) mass is 415 g/mol. The van der Waals surface area contributed by atoms with Crippen LogP contribution in [0.25, 0.3) is 0 Å². The fraction of sp³-hybridized carbons (Fsp3) is 0.929. The molecule has 1 heterocycles. The van der Waals surface area contributed by atoms with Gasteiger partial charge < -0.3 is 15.0 Å². The molecule has 1 aliphatic rings. The number of thioether (sulfide) groups is 1. The number of hydrogen-bond donors (Lipinski definition) is 1. The van der Waals surface area contributed by atoms with Crippen molar-refractivity contribution in [2.45, 2.75) is 38.4 Å². The van der Waals surface area contributed by atoms with Crippen LogP contribution in [-0.2, 0) is 4.74 Å². The lowest BCUT2D eigenvalue weighted by molar-refractivity contribution is 0.135. The van der Waals surface area contributed by atoms with Gasteiger partial charge in [0.1, 0.15) is 0 Å². The zero-order valence-corrected chi connectivity index (χ0v) is 16.4. The molecule has 0 unspecified atom stereocenters. The van der Waals surface area contributed by atoms with Crippen LogP contribution in [0, 0.1) is 0 Å². The quantitative estimate of drug-likeness (QED) is 0.313. The highest BCUT2D eigenvalue weighted by Gasteiger charge is 2.28. The second kappa shape index (κ2) is 11.0. The summed E-state index contributed by atoms with van der Waals surface area (Å²) in [5.74, 6) is 2.17. The summed E-state index contributed by atoms with van der Waals surface area (Å²) in [6.45, 7) is 11.4. The Hall–Kier alpha value is 0.310. The molecule has 0 bridgehead atoms. The lowest BCUT2D eigenvalue weighted by atomic mass is 10.2. The second-order valence-electron chi connectivity index (χ2n) is 5.47. The minimum atomic E-state index is 0. The Bertz CT molecular complexity index is 288. The van der Waals surface area contributed by atoms with E-state index in [0.29, 0.717) is 4.75 Å². The molecule has 20 heavy (non-hydrogen) atoms. The van der Waals surface area contributed by atoms with Crippen molar-refractivity contribution in [1.82, 2.24) is 10.2 Å². The standard InChI is InChI=1S/C14H29N3OS.HI/c1-5-6-9-18-10-7-16-13(15-4)17-8-11-19-14(2,3)12-17;/h5-12H2,1-4H3,(H,15,16);1H. The van der Waals surface area contributed by atoms with Crippen molar-refractivity contribution in [3.8, 4) is 0 Å². The van der Waals surface area contributed by atoms with E-state index in [1.54, 1.807) is 0 Å². The van der Waals surface area contributed by atoms with Crippen LogP contribution in [-0.4, -0.2) is 61.3 Å². The minimum absolute atomic E-state index is 0. The highest BCUT2D eigenvalue weighted by Crippen LogP contribution is 2.29. The van der Waals surface area contributed by atoms with Crippen molar-refractivity contribution in [3.05, 3.63) is 0 Å². The molecule has 1 rings (SSSR count). The SMILES string of the molecule is CCCCOCCNC(=NC)N1CCSC(C)(C)C1.I. The van der Waals surface area contributed by atoms with Crippen molar-refractivity contribution in [2.24, 2.45) is 4.99 Å². The van der Waals surface area contributed by atoms with Crippen molar-refractivity contribution < 1.29 is 4.74 Å². The van der Waals surface area contributed by atoms with E-state index < -0.39 is 0 Å². The Kier molecular flexibility index (Phi) is 11.1. The number of nitrogens with one attached hydrogen (secondary N) is 1. The van der Waals surface area contributed by atoms with Crippen LogP contribution in [0.1, 0.15) is 33.6 Å². The molecule has 0 saturated carbocycles. The average Bonchev–Trinajstić information content (AvgIpc) is 2.37. The second-order valence-corrected chi connectivity index (χ2v) is 7.27. The number of ether oxygens (including phenoxy) is 1. The third-order valence-electron chi connectivity index (χ3n) is 3.11. The molecule has 1 saturated heterocycles. The number of guanidine groups is 1. The third kappa shape index (κ3) is 7.93. The molecular weight excluding hydrogens is 385 g/mol. The molecule has 0 aromatic heterocycles. The van der Waals surface area contributed by atoms with Gasteiger partial charge in [-0.25, -0.2) is 0 Å². The van der Waals surface area contributed by atoms with Crippen LogP contribution in [0.4, 0.5) is 0 Å². The zero-order valence-electron chi connectivity index (χ0n) is 13.3. The molecular formula is C14H30IN3OS. The molecule has 120 valence electrons. The van der Waals surface area contributed by atoms with Crippen molar-refractivity contribution >= 4 is 41.7 Å². The number of unbranched alkanes of at least 4 members (excludes halogenated alkanes) is 1. The average molecular weight is 415 g/mol. The molecule has 1 aliphatic heterocycles. The van der Waals surface area contributed by atoms with Crippen molar-refractivity contribution in [2.75, 3.05) is 45.6 Å². The van der Waals surface area contributed by atoms with E-state index in [2.05, 4.69) is 36.0 Å². The molecule has 0 amide bonds. The van der Waals surface area contributed by atoms with E-state index in [1.807, 2.05) is 18.8 Å². The molecule has 0 spiro atoms. The number of rotatable bonds is 6. The van der Waals surface area contributed by atoms with Gasteiger partial charge in [-0.15, -0.1) is 24.0 Å². The van der Waals surface area contributed by atoms with Crippen LogP contribution in [0.5, 0.6) is 0 Å². The van der Waals surface area contributed by atoms with E-state index in [4.69, 9.17) is 4.74 Å². The zero-order chi connectivity index (χ0) is 14.1. The molecule has 0 aromatic carbocycles. The summed E-state index contributed by atoms with van der Waals surface area (Å²) in [6, 6.07) is 0. The molecule has 0 atom stereocenters. The van der Waals surface area contributed by atoms with Crippen LogP contribution in [0.2, 0.25) is 0 Å². The molecule has 6 heteroatoms. The van der Waals surface area contributed by atoms with E-state index >= 15 is 0 Å². The Morgan fingerprint density at radius 3 is 2.75 bits per heavy atom. The highest BCUT2D eigenvalue weighted by atomic mass is 127. The van der Waals surface area contributed by atoms with Crippen molar-refractivity contribution in [1.29, 1.82) is 0 Å². The normalized spacial score (nSPS) is 18.6. The maximum absolute atomic E-state index is 5.56. The number of aliphatic imine (C=N–C) groups is 1. The summed E-state index contributed by atoms with van der Waals surface area (Å²) in [5, 5.41) is 3.40. The minimum Gasteiger partial charge on any atom is -0.380 e. The lowest BCUT2D eigenvalue weighted by Gasteiger charge is -2.39. The highest BCUT2D eigenvalue weighted by molar-refractivity contribution is 14.0. The maximum Gasteiger partial charge on any atom is 0.193 e. The maximum atomic E-state index is 5.56. The molecule has 0 radical (unpaired) electrons. The molecule has 4 nitrogen and oxygen atoms in total. The van der Waals surface area contributed by atoms with Gasteiger partial charge in [0, 0.05) is 43.8 Å². The smallest absolute Gasteiger partial charge is 0.193 e. The first-order valence-electron chi connectivity index (χ1n) is 7.26. The first-order chi connectivity index (χ1) is 9.09. The Morgan fingerprint density at radius 1 is 1.40 bits per heavy atom. The molecule has 0 aliphatic carbocycles. The Morgan fingerprint density at radius 2 is 2.15 bits per heavy atom. The van der Waals surface area contributed by atoms with Gasteiger partial charge >= 0.3 is 0 Å². The van der Waals surface area contributed by atoms with Gasteiger partial charge in [-0.05, 0) is 20.3 Å². The molecule has 1 fully saturated rings. The molecule has 0 aromatic rings. The topological polar surface area (TPSA) is 36.9 Å². The van der Waals surface area contributed by atoms with Gasteiger partial charge in [0.15, 0.2) is 5.96 Å². The van der Waals surface area contributed by atoms with E-state index in [1.165, 1.54) is 12.2 Å². The van der Waals surface area contributed by atoms with E-state index in [0.717, 1.165) is 45.2 Å². The van der Waals surface area contributed by atoms with E-state index in [9.17, 15) is 0 Å². The van der Waals surface area contributed by atoms with Gasteiger partial charge in [-0.1, -0.05) is 13.3 Å². The van der Waals surface area contributed by atoms with Gasteiger partial charge in [-0.2, -0.15) is 11.8 Å². The number of nitrogens with zero attached hydrogens (tertiary/aromatic N) is 2. The van der Waals surface area contributed by atoms with Gasteiger partial charge in [-0.3, -0.25) is 4.99 Å². The summed E-state index contributed by atoms with van der Waals surface area (Å²) in [6.07, 6.45) is 2.34. The fourth-order valence-corrected chi connectivity index (χ4v) is 3.22. The third-order valence-corrected chi connectivity index (χ3v) is 4.41. The first-order valence-corrected chi connectivity index (χ1v) is 8.25. The lowest BCUT2D eigenvalue weighted by Crippen LogP contribution is -2.51. The van der Waals surface area contributed by atoms with Crippen LogP contribution in [0.15, 0.2) is 4.99 Å². The van der Waals surface area contributed by atoms with Gasteiger partial charge in [0.25, 0.3) is 0 Å². The summed E-state index contributed by atoms with van der Waals surface area (Å²) in [4.78, 5) is 6.73. The predicted octanol–water partition coefficient (Wildman–Crippen LogP) is 2.82. The van der Waals surface area contributed by atoms with E-state index in [-0.39, 0.29) is 24.0 Å². The van der Waals surface area contributed by atoms with Gasteiger partial charge in [0.2, 0.25) is 0 Å². The molecule has 1 N–H and O–H groups in total. The summed E-state index contributed by atoms with van der Waals surface area (Å²) >= 11 is 2.04. The first kappa shape index (κ1) is 20.3. The largest absolute Gasteiger partial charge is 0.380 e.